The smallest absolute Gasteiger partial charge is 0.416 e. The van der Waals surface area contributed by atoms with Crippen molar-refractivity contribution in [2.45, 2.75) is 24.7 Å². The highest BCUT2D eigenvalue weighted by molar-refractivity contribution is 6.04. The molecule has 2 bridgehead atoms. The third kappa shape index (κ3) is 5.13. The number of rotatable bonds is 6. The number of benzene rings is 1. The summed E-state index contributed by atoms with van der Waals surface area (Å²) >= 11 is 0. The zero-order chi connectivity index (χ0) is 26.2. The molecule has 2 aliphatic rings. The summed E-state index contributed by atoms with van der Waals surface area (Å²) in [6.45, 7) is 0.731. The molecule has 5 rings (SSSR count). The molecule has 13 heteroatoms. The maximum atomic E-state index is 13.3. The molecule has 10 nitrogen and oxygen atoms in total. The summed E-state index contributed by atoms with van der Waals surface area (Å²) < 4.78 is 45.0. The van der Waals surface area contributed by atoms with E-state index in [0.29, 0.717) is 36.8 Å². The van der Waals surface area contributed by atoms with E-state index in [-0.39, 0.29) is 29.9 Å². The normalized spacial score (nSPS) is 17.4. The van der Waals surface area contributed by atoms with Gasteiger partial charge in [0.25, 0.3) is 0 Å². The Morgan fingerprint density at radius 3 is 2.78 bits per heavy atom. The quantitative estimate of drug-likeness (QED) is 0.457. The minimum atomic E-state index is -4.51. The Hall–Kier alpha value is -3.97. The molecule has 2 aliphatic heterocycles. The number of halogens is 3. The Bertz CT molecular complexity index is 1290. The number of aromatic nitrogens is 3. The minimum Gasteiger partial charge on any atom is -0.489 e. The average Bonchev–Trinajstić information content (AvgIpc) is 3.31. The minimum absolute atomic E-state index is 0.0786. The molecule has 2 aromatic heterocycles. The Labute approximate surface area is 209 Å². The van der Waals surface area contributed by atoms with Gasteiger partial charge in [-0.25, -0.2) is 19.7 Å². The summed E-state index contributed by atoms with van der Waals surface area (Å²) in [6, 6.07) is 7.16. The molecule has 1 aromatic carbocycles. The van der Waals surface area contributed by atoms with Gasteiger partial charge in [0.15, 0.2) is 11.6 Å². The molecule has 2 atom stereocenters. The second-order valence-corrected chi connectivity index (χ2v) is 8.70. The van der Waals surface area contributed by atoms with Gasteiger partial charge >= 0.3 is 12.2 Å². The van der Waals surface area contributed by atoms with Crippen LogP contribution in [0.1, 0.15) is 12.0 Å². The van der Waals surface area contributed by atoms with Crippen LogP contribution in [0.15, 0.2) is 48.8 Å². The van der Waals surface area contributed by atoms with Gasteiger partial charge in [-0.05, 0) is 30.7 Å². The molecule has 0 spiro atoms. The molecule has 0 radical (unpaired) electrons. The van der Waals surface area contributed by atoms with Crippen LogP contribution < -0.4 is 19.9 Å². The van der Waals surface area contributed by atoms with Gasteiger partial charge in [0.05, 0.1) is 36.3 Å². The molecule has 3 aromatic rings. The van der Waals surface area contributed by atoms with E-state index in [1.807, 2.05) is 4.90 Å². The van der Waals surface area contributed by atoms with Crippen molar-refractivity contribution in [2.24, 2.45) is 0 Å². The topological polar surface area (TPSA) is 124 Å². The molecular weight excluding hydrogens is 493 g/mol. The third-order valence-corrected chi connectivity index (χ3v) is 6.14. The monoisotopic (exact) mass is 516 g/mol. The molecule has 2 unspecified atom stereocenters. The molecule has 1 fully saturated rings. The maximum absolute atomic E-state index is 13.3. The van der Waals surface area contributed by atoms with Gasteiger partial charge in [-0.3, -0.25) is 10.2 Å². The van der Waals surface area contributed by atoms with Gasteiger partial charge in [0.1, 0.15) is 24.3 Å². The van der Waals surface area contributed by atoms with Gasteiger partial charge in [-0.1, -0.05) is 12.1 Å². The molecule has 2 amide bonds. The summed E-state index contributed by atoms with van der Waals surface area (Å²) in [7, 11) is 0. The highest BCUT2D eigenvalue weighted by atomic mass is 19.4. The number of carbonyl (C=O) groups excluding carboxylic acids is 1. The van der Waals surface area contributed by atoms with Crippen LogP contribution in [0.5, 0.6) is 5.75 Å². The highest BCUT2D eigenvalue weighted by Gasteiger charge is 2.41. The first-order valence-corrected chi connectivity index (χ1v) is 11.5. The number of anilines is 3. The van der Waals surface area contributed by atoms with Gasteiger partial charge in [-0.2, -0.15) is 13.2 Å². The summed E-state index contributed by atoms with van der Waals surface area (Å²) in [5.41, 5.74) is 0.00219. The Morgan fingerprint density at radius 2 is 2.05 bits per heavy atom. The summed E-state index contributed by atoms with van der Waals surface area (Å²) in [6.07, 6.45) is -1.93. The Morgan fingerprint density at radius 1 is 1.22 bits per heavy atom. The SMILES string of the molecule is O=C(Nc1ccc(OCC(O)CO)cn1)N1c2nc(-c3cccc(C(F)(F)F)c3)ncc2N2CCC1C2. The number of alkyl halides is 3. The van der Waals surface area contributed by atoms with Gasteiger partial charge in [0.2, 0.25) is 0 Å². The third-order valence-electron chi connectivity index (χ3n) is 6.14. The van der Waals surface area contributed by atoms with Crippen molar-refractivity contribution in [3.8, 4) is 17.1 Å². The number of hydrogen-bond acceptors (Lipinski definition) is 8. The van der Waals surface area contributed by atoms with Crippen molar-refractivity contribution in [2.75, 3.05) is 41.4 Å². The Kier molecular flexibility index (Phi) is 6.56. The second kappa shape index (κ2) is 9.82. The number of nitrogens with zero attached hydrogens (tertiary/aromatic N) is 5. The van der Waals surface area contributed by atoms with E-state index >= 15 is 0 Å². The van der Waals surface area contributed by atoms with Gasteiger partial charge in [0, 0.05) is 18.7 Å². The average molecular weight is 516 g/mol. The predicted molar refractivity (Wildman–Crippen MR) is 127 cm³/mol. The number of fused-ring (bicyclic) bond motifs is 4. The lowest BCUT2D eigenvalue weighted by Crippen LogP contribution is -2.48. The molecule has 3 N–H and O–H groups in total. The lowest BCUT2D eigenvalue weighted by Gasteiger charge is -2.35. The number of hydrogen-bond donors (Lipinski definition) is 3. The number of ether oxygens (including phenoxy) is 1. The van der Waals surface area contributed by atoms with Crippen LogP contribution in [0, 0.1) is 0 Å². The van der Waals surface area contributed by atoms with E-state index in [1.54, 1.807) is 6.07 Å². The van der Waals surface area contributed by atoms with Crippen LogP contribution in [-0.2, 0) is 6.18 Å². The molecule has 194 valence electrons. The molecule has 1 saturated heterocycles. The summed E-state index contributed by atoms with van der Waals surface area (Å²) in [5.74, 6) is 0.981. The number of carbonyl (C=O) groups is 1. The van der Waals surface area contributed by atoms with E-state index in [0.717, 1.165) is 12.1 Å². The number of urea groups is 1. The van der Waals surface area contributed by atoms with E-state index in [2.05, 4.69) is 20.3 Å². The van der Waals surface area contributed by atoms with Crippen molar-refractivity contribution in [1.29, 1.82) is 0 Å². The molecule has 4 heterocycles. The van der Waals surface area contributed by atoms with Crippen molar-refractivity contribution in [3.63, 3.8) is 0 Å². The number of amides is 2. The van der Waals surface area contributed by atoms with Crippen LogP contribution in [0.4, 0.5) is 35.3 Å². The molecule has 0 saturated carbocycles. The molecular formula is C24H23F3N6O4. The van der Waals surface area contributed by atoms with Crippen molar-refractivity contribution in [1.82, 2.24) is 15.0 Å². The maximum Gasteiger partial charge on any atom is 0.416 e. The van der Waals surface area contributed by atoms with Crippen molar-refractivity contribution in [3.05, 3.63) is 54.4 Å². The van der Waals surface area contributed by atoms with Crippen molar-refractivity contribution < 1.29 is 32.9 Å². The number of pyridine rings is 1. The van der Waals surface area contributed by atoms with Crippen LogP contribution in [0.25, 0.3) is 11.4 Å². The van der Waals surface area contributed by atoms with Gasteiger partial charge in [-0.15, -0.1) is 0 Å². The summed E-state index contributed by atoms with van der Waals surface area (Å²) in [5, 5.41) is 21.0. The fourth-order valence-corrected chi connectivity index (χ4v) is 4.30. The van der Waals surface area contributed by atoms with E-state index in [9.17, 15) is 23.1 Å². The largest absolute Gasteiger partial charge is 0.489 e. The first-order valence-electron chi connectivity index (χ1n) is 11.5. The highest BCUT2D eigenvalue weighted by Crippen LogP contribution is 2.40. The second-order valence-electron chi connectivity index (χ2n) is 8.70. The first kappa shape index (κ1) is 24.7. The zero-order valence-corrected chi connectivity index (χ0v) is 19.4. The van der Waals surface area contributed by atoms with E-state index < -0.39 is 30.5 Å². The summed E-state index contributed by atoms with van der Waals surface area (Å²) in [4.78, 5) is 29.9. The molecule has 37 heavy (non-hydrogen) atoms. The van der Waals surface area contributed by atoms with Crippen LogP contribution in [0.2, 0.25) is 0 Å². The Balaban J connectivity index is 1.39. The van der Waals surface area contributed by atoms with Crippen LogP contribution >= 0.6 is 0 Å². The van der Waals surface area contributed by atoms with E-state index in [4.69, 9.17) is 9.84 Å². The number of aliphatic hydroxyl groups is 2. The fraction of sp³-hybridized carbons (Fsp3) is 0.333. The fourth-order valence-electron chi connectivity index (χ4n) is 4.30. The lowest BCUT2D eigenvalue weighted by atomic mass is 10.1. The van der Waals surface area contributed by atoms with Crippen molar-refractivity contribution >= 4 is 23.4 Å². The zero-order valence-electron chi connectivity index (χ0n) is 19.4. The number of aliphatic hydroxyl groups excluding tert-OH is 2. The predicted octanol–water partition coefficient (Wildman–Crippen LogP) is 2.92. The lowest BCUT2D eigenvalue weighted by molar-refractivity contribution is -0.137. The van der Waals surface area contributed by atoms with Crippen LogP contribution in [-0.4, -0.2) is 69.6 Å². The van der Waals surface area contributed by atoms with Gasteiger partial charge < -0.3 is 19.8 Å². The first-order chi connectivity index (χ1) is 17.7. The number of nitrogens with one attached hydrogen (secondary N) is 1. The van der Waals surface area contributed by atoms with Crippen LogP contribution in [0.3, 0.4) is 0 Å². The van der Waals surface area contributed by atoms with E-state index in [1.165, 1.54) is 35.5 Å². The standard InChI is InChI=1S/C24H23F3N6O4/c25-24(26,27)15-3-1-2-14(8-15)21-29-10-19-22(31-21)33(16-6-7-32(19)11-16)23(36)30-20-5-4-18(9-28-20)37-13-17(35)12-34/h1-5,8-10,16-17,34-35H,6-7,11-13H2,(H,28,30,36). The molecule has 0 aliphatic carbocycles.